The van der Waals surface area contributed by atoms with Crippen molar-refractivity contribution in [3.8, 4) is 0 Å². The van der Waals surface area contributed by atoms with Gasteiger partial charge in [-0.05, 0) is 26.1 Å². The fourth-order valence-corrected chi connectivity index (χ4v) is 3.10. The topological polar surface area (TPSA) is 61.9 Å². The predicted octanol–water partition coefficient (Wildman–Crippen LogP) is 2.14. The third kappa shape index (κ3) is 4.36. The molecule has 1 fully saturated rings. The van der Waals surface area contributed by atoms with E-state index in [0.717, 1.165) is 4.90 Å². The SMILES string of the molecule is CCOC(=O)C(NC(=O)c1ccccc1Cl)(N1CCN(C)CC1)C(F)(F)F. The summed E-state index contributed by atoms with van der Waals surface area (Å²) in [6.07, 6.45) is -5.11. The van der Waals surface area contributed by atoms with E-state index in [9.17, 15) is 22.8 Å². The Balaban J connectivity index is 2.48. The number of carbonyl (C=O) groups excluding carboxylic acids is 2. The molecule has 0 spiro atoms. The molecule has 1 heterocycles. The molecule has 27 heavy (non-hydrogen) atoms. The Morgan fingerprint density at radius 1 is 1.19 bits per heavy atom. The van der Waals surface area contributed by atoms with Gasteiger partial charge in [0, 0.05) is 26.2 Å². The maximum absolute atomic E-state index is 14.2. The Labute approximate surface area is 160 Å². The zero-order valence-electron chi connectivity index (χ0n) is 15.0. The van der Waals surface area contributed by atoms with E-state index in [0.29, 0.717) is 13.1 Å². The number of nitrogens with one attached hydrogen (secondary N) is 1. The van der Waals surface area contributed by atoms with Crippen molar-refractivity contribution in [3.63, 3.8) is 0 Å². The maximum Gasteiger partial charge on any atom is 0.436 e. The molecule has 0 radical (unpaired) electrons. The first kappa shape index (κ1) is 21.5. The van der Waals surface area contributed by atoms with Crippen LogP contribution < -0.4 is 5.32 Å². The molecule has 1 N–H and O–H groups in total. The quantitative estimate of drug-likeness (QED) is 0.758. The number of piperazine rings is 1. The molecule has 0 aliphatic carbocycles. The zero-order chi connectivity index (χ0) is 20.2. The van der Waals surface area contributed by atoms with Crippen LogP contribution in [-0.2, 0) is 9.53 Å². The van der Waals surface area contributed by atoms with Gasteiger partial charge < -0.3 is 15.0 Å². The van der Waals surface area contributed by atoms with Crippen molar-refractivity contribution in [3.05, 3.63) is 34.9 Å². The maximum atomic E-state index is 14.2. The largest absolute Gasteiger partial charge is 0.463 e. The van der Waals surface area contributed by atoms with Crippen LogP contribution in [0.4, 0.5) is 13.2 Å². The number of amides is 1. The summed E-state index contributed by atoms with van der Waals surface area (Å²) in [5.41, 5.74) is -3.45. The molecule has 1 aromatic carbocycles. The van der Waals surface area contributed by atoms with E-state index in [4.69, 9.17) is 16.3 Å². The molecule has 1 aromatic rings. The van der Waals surface area contributed by atoms with Gasteiger partial charge in [0.15, 0.2) is 0 Å². The number of benzene rings is 1. The van der Waals surface area contributed by atoms with Crippen molar-refractivity contribution in [2.75, 3.05) is 39.8 Å². The van der Waals surface area contributed by atoms with Gasteiger partial charge in [-0.3, -0.25) is 9.69 Å². The molecule has 1 amide bonds. The Kier molecular flexibility index (Phi) is 6.72. The van der Waals surface area contributed by atoms with Gasteiger partial charge in [-0.15, -0.1) is 0 Å². The molecule has 1 saturated heterocycles. The van der Waals surface area contributed by atoms with Crippen LogP contribution in [0.3, 0.4) is 0 Å². The molecule has 0 saturated carbocycles. The van der Waals surface area contributed by atoms with Gasteiger partial charge in [0.1, 0.15) is 0 Å². The van der Waals surface area contributed by atoms with Crippen LogP contribution in [0.25, 0.3) is 0 Å². The third-order valence-corrected chi connectivity index (χ3v) is 4.70. The normalized spacial score (nSPS) is 18.6. The first-order valence-corrected chi connectivity index (χ1v) is 8.76. The summed E-state index contributed by atoms with van der Waals surface area (Å²) in [4.78, 5) is 27.8. The highest BCUT2D eigenvalue weighted by Crippen LogP contribution is 2.36. The molecular formula is C17H21ClF3N3O3. The number of nitrogens with zero attached hydrogens (tertiary/aromatic N) is 2. The lowest BCUT2D eigenvalue weighted by Gasteiger charge is -2.45. The Morgan fingerprint density at radius 3 is 2.30 bits per heavy atom. The van der Waals surface area contributed by atoms with Crippen LogP contribution >= 0.6 is 11.6 Å². The fourth-order valence-electron chi connectivity index (χ4n) is 2.88. The molecule has 150 valence electrons. The van der Waals surface area contributed by atoms with Crippen LogP contribution in [0, 0.1) is 0 Å². The molecule has 2 rings (SSSR count). The molecule has 1 aliphatic rings. The van der Waals surface area contributed by atoms with Crippen LogP contribution in [-0.4, -0.2) is 73.3 Å². The number of hydrogen-bond acceptors (Lipinski definition) is 5. The monoisotopic (exact) mass is 407 g/mol. The first-order valence-electron chi connectivity index (χ1n) is 8.38. The van der Waals surface area contributed by atoms with Gasteiger partial charge in [0.05, 0.1) is 17.2 Å². The molecule has 1 unspecified atom stereocenters. The predicted molar refractivity (Wildman–Crippen MR) is 93.4 cm³/mol. The summed E-state index contributed by atoms with van der Waals surface area (Å²) in [5, 5.41) is 1.86. The molecule has 1 atom stereocenters. The Hall–Kier alpha value is -1.84. The number of ether oxygens (including phenoxy) is 1. The number of halogens is 4. The van der Waals surface area contributed by atoms with Crippen molar-refractivity contribution in [2.24, 2.45) is 0 Å². The van der Waals surface area contributed by atoms with Crippen LogP contribution in [0.1, 0.15) is 17.3 Å². The number of rotatable bonds is 5. The van der Waals surface area contributed by atoms with Gasteiger partial charge in [-0.25, -0.2) is 4.79 Å². The van der Waals surface area contributed by atoms with Crippen LogP contribution in [0.2, 0.25) is 5.02 Å². The first-order chi connectivity index (χ1) is 12.6. The van der Waals surface area contributed by atoms with E-state index in [-0.39, 0.29) is 30.3 Å². The van der Waals surface area contributed by atoms with E-state index >= 15 is 0 Å². The Morgan fingerprint density at radius 2 is 1.78 bits per heavy atom. The lowest BCUT2D eigenvalue weighted by molar-refractivity contribution is -0.249. The van der Waals surface area contributed by atoms with E-state index in [2.05, 4.69) is 0 Å². The van der Waals surface area contributed by atoms with Gasteiger partial charge in [-0.2, -0.15) is 13.2 Å². The van der Waals surface area contributed by atoms with Gasteiger partial charge in [0.2, 0.25) is 0 Å². The summed E-state index contributed by atoms with van der Waals surface area (Å²) >= 11 is 5.93. The minimum atomic E-state index is -5.11. The number of esters is 1. The highest BCUT2D eigenvalue weighted by Gasteiger charge is 2.66. The van der Waals surface area contributed by atoms with Crippen LogP contribution in [0.5, 0.6) is 0 Å². The fraction of sp³-hybridized carbons (Fsp3) is 0.529. The second-order valence-corrected chi connectivity index (χ2v) is 6.56. The minimum absolute atomic E-state index is 0.0201. The minimum Gasteiger partial charge on any atom is -0.463 e. The van der Waals surface area contributed by atoms with E-state index in [1.807, 2.05) is 10.2 Å². The number of alkyl halides is 3. The summed E-state index contributed by atoms with van der Waals surface area (Å²) in [5.74, 6) is -2.67. The van der Waals surface area contributed by atoms with Crippen molar-refractivity contribution in [2.45, 2.75) is 18.8 Å². The average Bonchev–Trinajstić information content (AvgIpc) is 2.59. The van der Waals surface area contributed by atoms with Crippen LogP contribution in [0.15, 0.2) is 24.3 Å². The molecule has 0 bridgehead atoms. The summed E-state index contributed by atoms with van der Waals surface area (Å²) in [6, 6.07) is 5.68. The van der Waals surface area contributed by atoms with Crippen molar-refractivity contribution < 1.29 is 27.5 Å². The Bertz CT molecular complexity index is 693. The lowest BCUT2D eigenvalue weighted by atomic mass is 10.0. The smallest absolute Gasteiger partial charge is 0.436 e. The number of likely N-dealkylation sites (N-methyl/N-ethyl adjacent to an activating group) is 1. The second kappa shape index (κ2) is 8.45. The molecule has 10 heteroatoms. The summed E-state index contributed by atoms with van der Waals surface area (Å²) in [6.45, 7) is 1.61. The zero-order valence-corrected chi connectivity index (χ0v) is 15.7. The lowest BCUT2D eigenvalue weighted by Crippen LogP contribution is -2.75. The van der Waals surface area contributed by atoms with E-state index < -0.39 is 23.7 Å². The highest BCUT2D eigenvalue weighted by atomic mass is 35.5. The standard InChI is InChI=1S/C17H21ClF3N3O3/c1-3-27-15(26)16(17(19,20)21,24-10-8-23(2)9-11-24)22-14(25)12-6-4-5-7-13(12)18/h4-7H,3,8-11H2,1-2H3,(H,22,25). The third-order valence-electron chi connectivity index (χ3n) is 4.37. The average molecular weight is 408 g/mol. The van der Waals surface area contributed by atoms with Gasteiger partial charge >= 0.3 is 12.1 Å². The van der Waals surface area contributed by atoms with Crippen molar-refractivity contribution >= 4 is 23.5 Å². The van der Waals surface area contributed by atoms with E-state index in [1.165, 1.54) is 25.1 Å². The van der Waals surface area contributed by atoms with Gasteiger partial charge in [-0.1, -0.05) is 23.7 Å². The van der Waals surface area contributed by atoms with Crippen molar-refractivity contribution in [1.82, 2.24) is 15.1 Å². The molecule has 0 aromatic heterocycles. The van der Waals surface area contributed by atoms with Gasteiger partial charge in [0.25, 0.3) is 11.6 Å². The second-order valence-electron chi connectivity index (χ2n) is 6.15. The number of carbonyl (C=O) groups is 2. The van der Waals surface area contributed by atoms with Crippen molar-refractivity contribution in [1.29, 1.82) is 0 Å². The summed E-state index contributed by atoms with van der Waals surface area (Å²) in [7, 11) is 1.76. The van der Waals surface area contributed by atoms with E-state index in [1.54, 1.807) is 13.1 Å². The molecule has 6 nitrogen and oxygen atoms in total. The molecule has 1 aliphatic heterocycles. The summed E-state index contributed by atoms with van der Waals surface area (Å²) < 4.78 is 47.3. The highest BCUT2D eigenvalue weighted by molar-refractivity contribution is 6.33. The number of hydrogen-bond donors (Lipinski definition) is 1. The molecular weight excluding hydrogens is 387 g/mol.